The fourth-order valence-corrected chi connectivity index (χ4v) is 9.33. The number of allylic oxidation sites excluding steroid dienone is 1. The highest BCUT2D eigenvalue weighted by atomic mass is 32.1. The molecule has 7 rings (SSSR count). The number of piperidine rings is 1. The number of likely N-dealkylation sites (tertiary alicyclic amines) is 1. The SMILES string of the molecule is CN=CC(=CN)c1cc2c(cc1C(F)F)N(c1nn(C3CCN(CC(=O)NCCOCCNc4ccc(C(=O)Nc5ncc(C)s5)c(C)c4)CC3)c3c1CN(C(C)=O)CC3)CCC2. The van der Waals surface area contributed by atoms with E-state index < -0.39 is 6.43 Å². The third-order valence-electron chi connectivity index (χ3n) is 11.9. The summed E-state index contributed by atoms with van der Waals surface area (Å²) in [5.74, 6) is 0.439. The van der Waals surface area contributed by atoms with E-state index in [-0.39, 0.29) is 35.9 Å². The summed E-state index contributed by atoms with van der Waals surface area (Å²) in [5.41, 5.74) is 12.5. The monoisotopic (exact) mass is 885 g/mol. The number of hydrogen-bond acceptors (Lipinski definition) is 12. The van der Waals surface area contributed by atoms with Gasteiger partial charge in [-0.15, -0.1) is 11.3 Å². The Morgan fingerprint density at radius 3 is 2.54 bits per heavy atom. The summed E-state index contributed by atoms with van der Waals surface area (Å²) in [7, 11) is 1.58. The fourth-order valence-electron chi connectivity index (χ4n) is 8.68. The predicted molar refractivity (Wildman–Crippen MR) is 243 cm³/mol. The number of alkyl halides is 2. The van der Waals surface area contributed by atoms with Gasteiger partial charge in [-0.2, -0.15) is 5.10 Å². The van der Waals surface area contributed by atoms with E-state index in [1.54, 1.807) is 32.3 Å². The number of aryl methyl sites for hydroxylation is 3. The van der Waals surface area contributed by atoms with Gasteiger partial charge in [-0.3, -0.25) is 34.3 Å². The number of halogens is 2. The lowest BCUT2D eigenvalue weighted by Crippen LogP contribution is -2.43. The Kier molecular flexibility index (Phi) is 14.8. The molecule has 18 heteroatoms. The number of aliphatic imine (C=N–C) groups is 1. The van der Waals surface area contributed by atoms with Crippen molar-refractivity contribution in [3.8, 4) is 0 Å². The number of aromatic nitrogens is 3. The van der Waals surface area contributed by atoms with Gasteiger partial charge >= 0.3 is 0 Å². The molecule has 0 spiro atoms. The standard InChI is InChI=1S/C45H57F2N11O4S/c1-28-20-33(7-8-35(28)44(61)53-45-52-24-29(2)63-45)50-12-18-62-19-13-51-41(60)27-55-15-9-34(10-16-55)58-39-11-17-56(30(3)59)26-38(39)43(54-58)57-14-5-6-31-21-36(32(23-48)25-49-4)37(42(46)47)22-40(31)57/h7-8,20-25,34,42,50H,5-6,9-19,26-27,48H2,1-4H3,(H,51,60)(H,52,53,61). The Hall–Kier alpha value is -5.72. The maximum absolute atomic E-state index is 14.6. The molecule has 63 heavy (non-hydrogen) atoms. The lowest BCUT2D eigenvalue weighted by atomic mass is 9.92. The van der Waals surface area contributed by atoms with Crippen LogP contribution in [0.1, 0.15) is 87.4 Å². The number of nitrogens with two attached hydrogens (primary N) is 1. The van der Waals surface area contributed by atoms with Gasteiger partial charge in [-0.25, -0.2) is 13.8 Å². The van der Waals surface area contributed by atoms with E-state index in [1.165, 1.54) is 23.8 Å². The van der Waals surface area contributed by atoms with Gasteiger partial charge in [0.2, 0.25) is 11.8 Å². The Labute approximate surface area is 370 Å². The van der Waals surface area contributed by atoms with Gasteiger partial charge in [0.1, 0.15) is 0 Å². The van der Waals surface area contributed by atoms with Gasteiger partial charge in [-0.1, -0.05) is 0 Å². The maximum Gasteiger partial charge on any atom is 0.264 e. The van der Waals surface area contributed by atoms with Gasteiger partial charge < -0.3 is 30.9 Å². The quantitative estimate of drug-likeness (QED) is 0.0770. The van der Waals surface area contributed by atoms with Crippen LogP contribution in [0.15, 0.2) is 47.7 Å². The molecule has 3 amide bonds. The average molecular weight is 886 g/mol. The van der Waals surface area contributed by atoms with Crippen LogP contribution in [-0.2, 0) is 33.7 Å². The van der Waals surface area contributed by atoms with Gasteiger partial charge in [0.15, 0.2) is 10.9 Å². The fraction of sp³-hybridized carbons (Fsp3) is 0.467. The summed E-state index contributed by atoms with van der Waals surface area (Å²) in [5, 5.41) is 15.0. The van der Waals surface area contributed by atoms with Crippen molar-refractivity contribution in [2.75, 3.05) is 81.6 Å². The van der Waals surface area contributed by atoms with Gasteiger partial charge in [0.25, 0.3) is 12.3 Å². The predicted octanol–water partition coefficient (Wildman–Crippen LogP) is 6.02. The molecule has 1 fully saturated rings. The molecule has 3 aliphatic rings. The van der Waals surface area contributed by atoms with Crippen molar-refractivity contribution in [3.63, 3.8) is 0 Å². The van der Waals surface area contributed by atoms with Crippen LogP contribution in [0.2, 0.25) is 0 Å². The summed E-state index contributed by atoms with van der Waals surface area (Å²) < 4.78 is 37.1. The molecule has 5 heterocycles. The van der Waals surface area contributed by atoms with E-state index in [9.17, 15) is 23.2 Å². The number of carbonyl (C=O) groups is 3. The number of benzene rings is 2. The van der Waals surface area contributed by atoms with Gasteiger partial charge in [-0.05, 0) is 86.6 Å². The van der Waals surface area contributed by atoms with Crippen molar-refractivity contribution in [1.29, 1.82) is 0 Å². The van der Waals surface area contributed by atoms with Crippen molar-refractivity contribution < 1.29 is 27.9 Å². The molecule has 2 aromatic carbocycles. The Bertz CT molecular complexity index is 2350. The second-order valence-electron chi connectivity index (χ2n) is 16.2. The molecule has 15 nitrogen and oxygen atoms in total. The lowest BCUT2D eigenvalue weighted by molar-refractivity contribution is -0.129. The van der Waals surface area contributed by atoms with E-state index in [4.69, 9.17) is 15.6 Å². The maximum atomic E-state index is 14.6. The summed E-state index contributed by atoms with van der Waals surface area (Å²) >= 11 is 1.43. The average Bonchev–Trinajstić information content (AvgIpc) is 3.86. The van der Waals surface area contributed by atoms with E-state index in [0.29, 0.717) is 98.8 Å². The molecule has 0 bridgehead atoms. The molecule has 2 aromatic heterocycles. The minimum Gasteiger partial charge on any atom is -0.404 e. The zero-order chi connectivity index (χ0) is 44.6. The van der Waals surface area contributed by atoms with Crippen molar-refractivity contribution in [2.24, 2.45) is 10.7 Å². The molecule has 0 unspecified atom stereocenters. The summed E-state index contributed by atoms with van der Waals surface area (Å²) in [6.45, 7) is 10.5. The molecule has 0 atom stereocenters. The number of hydrogen-bond donors (Lipinski definition) is 4. The van der Waals surface area contributed by atoms with Crippen molar-refractivity contribution in [3.05, 3.63) is 86.7 Å². The van der Waals surface area contributed by atoms with Gasteiger partial charge in [0.05, 0.1) is 32.3 Å². The van der Waals surface area contributed by atoms with Crippen LogP contribution in [0.25, 0.3) is 5.57 Å². The minimum absolute atomic E-state index is 0.0168. The highest BCUT2D eigenvalue weighted by Gasteiger charge is 2.35. The molecular weight excluding hydrogens is 829 g/mol. The Morgan fingerprint density at radius 1 is 1.05 bits per heavy atom. The number of anilines is 4. The molecule has 3 aliphatic heterocycles. The molecule has 5 N–H and O–H groups in total. The van der Waals surface area contributed by atoms with Crippen molar-refractivity contribution in [1.82, 2.24) is 29.9 Å². The molecule has 0 radical (unpaired) electrons. The Morgan fingerprint density at radius 2 is 1.84 bits per heavy atom. The van der Waals surface area contributed by atoms with Crippen molar-refractivity contribution in [2.45, 2.75) is 71.9 Å². The van der Waals surface area contributed by atoms with Crippen LogP contribution in [-0.4, -0.2) is 115 Å². The van der Waals surface area contributed by atoms with E-state index >= 15 is 0 Å². The largest absolute Gasteiger partial charge is 0.404 e. The summed E-state index contributed by atoms with van der Waals surface area (Å²) in [6, 6.07) is 9.05. The van der Waals surface area contributed by atoms with Crippen LogP contribution in [0.5, 0.6) is 0 Å². The number of nitrogens with zero attached hydrogens (tertiary/aromatic N) is 7. The second kappa shape index (κ2) is 20.6. The first kappa shape index (κ1) is 45.3. The first-order valence-electron chi connectivity index (χ1n) is 21.5. The second-order valence-corrected chi connectivity index (χ2v) is 17.4. The van der Waals surface area contributed by atoms with Gasteiger partial charge in [0, 0.05) is 122 Å². The van der Waals surface area contributed by atoms with Crippen molar-refractivity contribution >= 4 is 63.2 Å². The molecule has 0 saturated carbocycles. The number of amides is 3. The number of carbonyl (C=O) groups excluding carboxylic acids is 3. The molecule has 336 valence electrons. The van der Waals surface area contributed by atoms with Crippen LogP contribution in [0, 0.1) is 13.8 Å². The number of nitrogens with one attached hydrogen (secondary N) is 3. The smallest absolute Gasteiger partial charge is 0.264 e. The molecule has 4 aromatic rings. The van der Waals surface area contributed by atoms with E-state index in [0.717, 1.165) is 58.6 Å². The Balaban J connectivity index is 0.903. The first-order chi connectivity index (χ1) is 30.4. The highest BCUT2D eigenvalue weighted by molar-refractivity contribution is 7.15. The zero-order valence-electron chi connectivity index (χ0n) is 36.4. The number of thiazole rings is 1. The topological polar surface area (TPSA) is 175 Å². The molecular formula is C45H57F2N11O4S. The third-order valence-corrected chi connectivity index (χ3v) is 12.7. The third kappa shape index (κ3) is 10.7. The molecule has 0 aliphatic carbocycles. The first-order valence-corrected chi connectivity index (χ1v) is 22.3. The lowest BCUT2D eigenvalue weighted by Gasteiger charge is -2.33. The van der Waals surface area contributed by atoms with Crippen LogP contribution in [0.3, 0.4) is 0 Å². The van der Waals surface area contributed by atoms with Crippen LogP contribution >= 0.6 is 11.3 Å². The minimum atomic E-state index is -2.73. The highest BCUT2D eigenvalue weighted by Crippen LogP contribution is 2.43. The van der Waals surface area contributed by atoms with E-state index in [2.05, 4.69) is 40.4 Å². The zero-order valence-corrected chi connectivity index (χ0v) is 37.2. The summed E-state index contributed by atoms with van der Waals surface area (Å²) in [6.07, 6.45) is 5.56. The van der Waals surface area contributed by atoms with Crippen LogP contribution in [0.4, 0.5) is 31.1 Å². The van der Waals surface area contributed by atoms with Crippen LogP contribution < -0.4 is 26.6 Å². The normalized spacial score (nSPS) is 16.1. The number of fused-ring (bicyclic) bond motifs is 2. The number of rotatable bonds is 16. The van der Waals surface area contributed by atoms with E-state index in [1.807, 2.05) is 36.9 Å². The number of ether oxygens (including phenoxy) is 1. The summed E-state index contributed by atoms with van der Waals surface area (Å²) in [4.78, 5) is 53.5. The molecule has 1 saturated heterocycles.